The van der Waals surface area contributed by atoms with Gasteiger partial charge in [0.1, 0.15) is 18.1 Å². The van der Waals surface area contributed by atoms with Gasteiger partial charge >= 0.3 is 5.97 Å². The van der Waals surface area contributed by atoms with Crippen molar-refractivity contribution in [2.24, 2.45) is 0 Å². The number of carbonyl (C=O) groups is 2. The highest BCUT2D eigenvalue weighted by Gasteiger charge is 2.13. The molecule has 0 bridgehead atoms. The third-order valence-corrected chi connectivity index (χ3v) is 3.45. The average molecular weight is 343 g/mol. The summed E-state index contributed by atoms with van der Waals surface area (Å²) in [6.07, 6.45) is 1.42. The molecule has 2 rings (SSSR count). The molecule has 25 heavy (non-hydrogen) atoms. The fraction of sp³-hybridized carbons (Fsp3) is 0.263. The Balaban J connectivity index is 2.48. The maximum absolute atomic E-state index is 11.4. The number of fused-ring (bicyclic) bond motifs is 1. The molecule has 0 spiro atoms. The minimum Gasteiger partial charge on any atom is -0.491 e. The molecule has 2 N–H and O–H groups in total. The van der Waals surface area contributed by atoms with Crippen LogP contribution in [-0.2, 0) is 14.3 Å². The highest BCUT2D eigenvalue weighted by molar-refractivity contribution is 6.01. The zero-order chi connectivity index (χ0) is 18.2. The number of hydrogen-bond acceptors (Lipinski definition) is 4. The van der Waals surface area contributed by atoms with Gasteiger partial charge in [0.15, 0.2) is 0 Å². The molecular weight excluding hydrogens is 322 g/mol. The number of amides is 1. The number of nitrogens with one attached hydrogen (secondary N) is 1. The van der Waals surface area contributed by atoms with Crippen molar-refractivity contribution in [1.29, 1.82) is 0 Å². The average Bonchev–Trinajstić information content (AvgIpc) is 2.58. The fourth-order valence-electron chi connectivity index (χ4n) is 2.39. The molecule has 0 atom stereocenters. The first kappa shape index (κ1) is 18.5. The van der Waals surface area contributed by atoms with Gasteiger partial charge in [0, 0.05) is 19.1 Å². The topological polar surface area (TPSA) is 84.9 Å². The van der Waals surface area contributed by atoms with Crippen LogP contribution in [0.1, 0.15) is 19.4 Å². The number of hydrogen-bond donors (Lipinski definition) is 2. The normalized spacial score (nSPS) is 11.4. The van der Waals surface area contributed by atoms with Crippen LogP contribution in [0, 0.1) is 0 Å². The quantitative estimate of drug-likeness (QED) is 0.569. The van der Waals surface area contributed by atoms with Gasteiger partial charge in [-0.15, -0.1) is 0 Å². The summed E-state index contributed by atoms with van der Waals surface area (Å²) in [6, 6.07) is 11.3. The van der Waals surface area contributed by atoms with Crippen LogP contribution in [0.25, 0.3) is 16.8 Å². The second-order valence-electron chi connectivity index (χ2n) is 5.29. The Morgan fingerprint density at radius 1 is 1.16 bits per heavy atom. The molecule has 0 fully saturated rings. The SMILES string of the molecule is CCOCCOc1ccc2ccccc2c1/C=C(\NC(C)=O)C(=O)O. The summed E-state index contributed by atoms with van der Waals surface area (Å²) in [5.74, 6) is -1.14. The van der Waals surface area contributed by atoms with E-state index in [0.29, 0.717) is 31.1 Å². The summed E-state index contributed by atoms with van der Waals surface area (Å²) in [5.41, 5.74) is 0.388. The fourth-order valence-corrected chi connectivity index (χ4v) is 2.39. The van der Waals surface area contributed by atoms with Gasteiger partial charge in [0.05, 0.1) is 6.61 Å². The van der Waals surface area contributed by atoms with E-state index in [9.17, 15) is 14.7 Å². The van der Waals surface area contributed by atoms with Crippen molar-refractivity contribution in [2.45, 2.75) is 13.8 Å². The maximum atomic E-state index is 11.4. The predicted octanol–water partition coefficient (Wildman–Crippen LogP) is 2.82. The van der Waals surface area contributed by atoms with Crippen molar-refractivity contribution in [2.75, 3.05) is 19.8 Å². The van der Waals surface area contributed by atoms with E-state index < -0.39 is 11.9 Å². The van der Waals surface area contributed by atoms with Crippen LogP contribution in [0.15, 0.2) is 42.1 Å². The first-order valence-electron chi connectivity index (χ1n) is 7.97. The van der Waals surface area contributed by atoms with Gasteiger partial charge in [-0.05, 0) is 29.8 Å². The number of ether oxygens (including phenoxy) is 2. The van der Waals surface area contributed by atoms with Gasteiger partial charge in [0.25, 0.3) is 0 Å². The van der Waals surface area contributed by atoms with Gasteiger partial charge in [0.2, 0.25) is 5.91 Å². The molecule has 0 unspecified atom stereocenters. The lowest BCUT2D eigenvalue weighted by Gasteiger charge is -2.13. The van der Waals surface area contributed by atoms with Crippen molar-refractivity contribution in [3.8, 4) is 5.75 Å². The number of carboxylic acid groups (broad SMARTS) is 1. The van der Waals surface area contributed by atoms with Crippen molar-refractivity contribution in [3.63, 3.8) is 0 Å². The molecular formula is C19H21NO5. The Labute approximate surface area is 146 Å². The Kier molecular flexibility index (Phi) is 6.54. The lowest BCUT2D eigenvalue weighted by atomic mass is 10.0. The van der Waals surface area contributed by atoms with Crippen molar-refractivity contribution >= 4 is 28.7 Å². The van der Waals surface area contributed by atoms with Crippen LogP contribution >= 0.6 is 0 Å². The third-order valence-electron chi connectivity index (χ3n) is 3.45. The second-order valence-corrected chi connectivity index (χ2v) is 5.29. The number of carboxylic acids is 1. The van der Waals surface area contributed by atoms with E-state index in [1.165, 1.54) is 13.0 Å². The van der Waals surface area contributed by atoms with Crippen molar-refractivity contribution in [3.05, 3.63) is 47.7 Å². The lowest BCUT2D eigenvalue weighted by molar-refractivity contribution is -0.134. The van der Waals surface area contributed by atoms with Crippen molar-refractivity contribution < 1.29 is 24.2 Å². The Hall–Kier alpha value is -2.86. The predicted molar refractivity (Wildman–Crippen MR) is 95.4 cm³/mol. The second kappa shape index (κ2) is 8.84. The molecule has 6 heteroatoms. The smallest absolute Gasteiger partial charge is 0.352 e. The third kappa shape index (κ3) is 5.06. The summed E-state index contributed by atoms with van der Waals surface area (Å²) in [6.45, 7) is 4.54. The number of aliphatic carboxylic acids is 1. The zero-order valence-electron chi connectivity index (χ0n) is 14.2. The molecule has 0 saturated carbocycles. The Bertz CT molecular complexity index is 798. The molecule has 0 aliphatic rings. The Morgan fingerprint density at radius 3 is 2.60 bits per heavy atom. The lowest BCUT2D eigenvalue weighted by Crippen LogP contribution is -2.24. The molecule has 1 amide bonds. The number of carbonyl (C=O) groups excluding carboxylic acids is 1. The minimum atomic E-state index is -1.22. The molecule has 0 radical (unpaired) electrons. The Morgan fingerprint density at radius 2 is 1.92 bits per heavy atom. The summed E-state index contributed by atoms with van der Waals surface area (Å²) in [5, 5.41) is 13.5. The van der Waals surface area contributed by atoms with Gasteiger partial charge in [-0.2, -0.15) is 0 Å². The van der Waals surface area contributed by atoms with E-state index in [4.69, 9.17) is 9.47 Å². The van der Waals surface area contributed by atoms with E-state index in [1.54, 1.807) is 6.07 Å². The van der Waals surface area contributed by atoms with E-state index in [0.717, 1.165) is 10.8 Å². The van der Waals surface area contributed by atoms with Crippen LogP contribution in [0.2, 0.25) is 0 Å². The molecule has 0 aliphatic heterocycles. The zero-order valence-corrected chi connectivity index (χ0v) is 14.2. The van der Waals surface area contributed by atoms with Crippen LogP contribution in [0.4, 0.5) is 0 Å². The molecule has 0 saturated heterocycles. The van der Waals surface area contributed by atoms with E-state index >= 15 is 0 Å². The van der Waals surface area contributed by atoms with Crippen LogP contribution in [0.5, 0.6) is 5.75 Å². The largest absolute Gasteiger partial charge is 0.491 e. The standard InChI is InChI=1S/C19H21NO5/c1-3-24-10-11-25-18-9-8-14-6-4-5-7-15(14)16(18)12-17(19(22)23)20-13(2)21/h4-9,12H,3,10-11H2,1-2H3,(H,20,21)(H,22,23)/b17-12-. The van der Waals surface area contributed by atoms with Gasteiger partial charge in [-0.3, -0.25) is 4.79 Å². The molecule has 132 valence electrons. The van der Waals surface area contributed by atoms with Gasteiger partial charge < -0.3 is 19.9 Å². The highest BCUT2D eigenvalue weighted by atomic mass is 16.5. The molecule has 2 aromatic rings. The molecule has 6 nitrogen and oxygen atoms in total. The van der Waals surface area contributed by atoms with Gasteiger partial charge in [-0.1, -0.05) is 30.3 Å². The number of rotatable bonds is 8. The molecule has 0 aromatic heterocycles. The minimum absolute atomic E-state index is 0.210. The summed E-state index contributed by atoms with van der Waals surface area (Å²) in [7, 11) is 0. The van der Waals surface area contributed by atoms with Crippen LogP contribution in [0.3, 0.4) is 0 Å². The summed E-state index contributed by atoms with van der Waals surface area (Å²) >= 11 is 0. The van der Waals surface area contributed by atoms with Gasteiger partial charge in [-0.25, -0.2) is 4.79 Å². The first-order chi connectivity index (χ1) is 12.0. The van der Waals surface area contributed by atoms with Crippen LogP contribution < -0.4 is 10.1 Å². The van der Waals surface area contributed by atoms with E-state index in [-0.39, 0.29) is 5.70 Å². The first-order valence-corrected chi connectivity index (χ1v) is 7.97. The molecule has 2 aromatic carbocycles. The summed E-state index contributed by atoms with van der Waals surface area (Å²) < 4.78 is 11.0. The summed E-state index contributed by atoms with van der Waals surface area (Å²) in [4.78, 5) is 22.7. The van der Waals surface area contributed by atoms with Crippen molar-refractivity contribution in [1.82, 2.24) is 5.32 Å². The monoisotopic (exact) mass is 343 g/mol. The molecule has 0 aliphatic carbocycles. The molecule has 0 heterocycles. The number of benzene rings is 2. The van der Waals surface area contributed by atoms with E-state index in [1.807, 2.05) is 37.3 Å². The van der Waals surface area contributed by atoms with Crippen LogP contribution in [-0.4, -0.2) is 36.8 Å². The maximum Gasteiger partial charge on any atom is 0.352 e. The highest BCUT2D eigenvalue weighted by Crippen LogP contribution is 2.30. The van der Waals surface area contributed by atoms with E-state index in [2.05, 4.69) is 5.32 Å².